The smallest absolute Gasteiger partial charge is 0.331 e. The maximum absolute atomic E-state index is 10.8. The average molecular weight is 229 g/mol. The molecule has 0 aromatic carbocycles. The van der Waals surface area contributed by atoms with Gasteiger partial charge in [-0.15, -0.1) is 0 Å². The lowest BCUT2D eigenvalue weighted by Gasteiger charge is -2.29. The molecular formula is C11H19NO2S. The topological polar surface area (TPSA) is 40.5 Å². The van der Waals surface area contributed by atoms with E-state index in [-0.39, 0.29) is 0 Å². The second-order valence-electron chi connectivity index (χ2n) is 3.83. The van der Waals surface area contributed by atoms with Crippen molar-refractivity contribution in [1.29, 1.82) is 0 Å². The first-order valence-corrected chi connectivity index (χ1v) is 6.44. The van der Waals surface area contributed by atoms with Crippen molar-refractivity contribution >= 4 is 17.7 Å². The van der Waals surface area contributed by atoms with E-state index in [1.807, 2.05) is 24.8 Å². The summed E-state index contributed by atoms with van der Waals surface area (Å²) < 4.78 is 0. The fraction of sp³-hybridized carbons (Fsp3) is 0.727. The molecule has 1 saturated heterocycles. The number of hydrogen-bond acceptors (Lipinski definition) is 3. The SMILES string of the molecule is CCC(=CCN1CCSC(C)C1)C(=O)O. The second-order valence-corrected chi connectivity index (χ2v) is 5.38. The van der Waals surface area contributed by atoms with Gasteiger partial charge in [-0.1, -0.05) is 19.9 Å². The molecule has 0 spiro atoms. The molecule has 1 unspecified atom stereocenters. The summed E-state index contributed by atoms with van der Waals surface area (Å²) in [6, 6.07) is 0. The highest BCUT2D eigenvalue weighted by Crippen LogP contribution is 2.17. The van der Waals surface area contributed by atoms with Crippen LogP contribution in [0.2, 0.25) is 0 Å². The molecule has 1 heterocycles. The first-order chi connectivity index (χ1) is 7.13. The number of rotatable bonds is 4. The zero-order valence-electron chi connectivity index (χ0n) is 9.40. The summed E-state index contributed by atoms with van der Waals surface area (Å²) in [7, 11) is 0. The third-order valence-electron chi connectivity index (χ3n) is 2.58. The lowest BCUT2D eigenvalue weighted by atomic mass is 10.2. The summed E-state index contributed by atoms with van der Waals surface area (Å²) in [5.74, 6) is 0.376. The Hall–Kier alpha value is -0.480. The van der Waals surface area contributed by atoms with Crippen LogP contribution in [-0.4, -0.2) is 46.6 Å². The predicted molar refractivity (Wildman–Crippen MR) is 64.4 cm³/mol. The molecule has 4 heteroatoms. The molecule has 0 bridgehead atoms. The van der Waals surface area contributed by atoms with E-state index in [0.717, 1.165) is 25.4 Å². The monoisotopic (exact) mass is 229 g/mol. The molecule has 86 valence electrons. The fourth-order valence-electron chi connectivity index (χ4n) is 1.68. The highest BCUT2D eigenvalue weighted by molar-refractivity contribution is 7.99. The van der Waals surface area contributed by atoms with Crippen LogP contribution in [0.3, 0.4) is 0 Å². The average Bonchev–Trinajstić information content (AvgIpc) is 2.18. The zero-order chi connectivity index (χ0) is 11.3. The van der Waals surface area contributed by atoms with Crippen molar-refractivity contribution in [1.82, 2.24) is 4.90 Å². The van der Waals surface area contributed by atoms with E-state index in [9.17, 15) is 4.79 Å². The Labute approximate surface area is 95.5 Å². The van der Waals surface area contributed by atoms with Gasteiger partial charge in [0.15, 0.2) is 0 Å². The number of thioether (sulfide) groups is 1. The number of nitrogens with zero attached hydrogens (tertiary/aromatic N) is 1. The van der Waals surface area contributed by atoms with Crippen LogP contribution in [0, 0.1) is 0 Å². The molecule has 0 amide bonds. The van der Waals surface area contributed by atoms with Crippen LogP contribution >= 0.6 is 11.8 Å². The molecule has 0 radical (unpaired) electrons. The highest BCUT2D eigenvalue weighted by atomic mass is 32.2. The Morgan fingerprint density at radius 1 is 1.67 bits per heavy atom. The van der Waals surface area contributed by atoms with Crippen molar-refractivity contribution in [3.05, 3.63) is 11.6 Å². The van der Waals surface area contributed by atoms with Crippen LogP contribution in [-0.2, 0) is 4.79 Å². The van der Waals surface area contributed by atoms with Crippen molar-refractivity contribution in [2.45, 2.75) is 25.5 Å². The van der Waals surface area contributed by atoms with Crippen molar-refractivity contribution < 1.29 is 9.90 Å². The van der Waals surface area contributed by atoms with Gasteiger partial charge >= 0.3 is 5.97 Å². The molecule has 0 aliphatic carbocycles. The Balaban J connectivity index is 2.43. The van der Waals surface area contributed by atoms with Gasteiger partial charge in [0.25, 0.3) is 0 Å². The highest BCUT2D eigenvalue weighted by Gasteiger charge is 2.15. The standard InChI is InChI=1S/C11H19NO2S/c1-3-10(11(13)14)4-5-12-6-7-15-9(2)8-12/h4,9H,3,5-8H2,1-2H3,(H,13,14). The van der Waals surface area contributed by atoms with Gasteiger partial charge in [0.1, 0.15) is 0 Å². The summed E-state index contributed by atoms with van der Waals surface area (Å²) >= 11 is 1.99. The molecule has 0 saturated carbocycles. The van der Waals surface area contributed by atoms with E-state index in [4.69, 9.17) is 5.11 Å². The quantitative estimate of drug-likeness (QED) is 0.747. The molecule has 1 aliphatic heterocycles. The number of carboxylic acids is 1. The Bertz CT molecular complexity index is 253. The zero-order valence-corrected chi connectivity index (χ0v) is 10.2. The number of hydrogen-bond donors (Lipinski definition) is 1. The van der Waals surface area contributed by atoms with E-state index in [1.54, 1.807) is 0 Å². The molecule has 1 atom stereocenters. The van der Waals surface area contributed by atoms with Gasteiger partial charge in [0.05, 0.1) is 0 Å². The van der Waals surface area contributed by atoms with Crippen LogP contribution in [0.5, 0.6) is 0 Å². The van der Waals surface area contributed by atoms with Crippen molar-refractivity contribution in [3.63, 3.8) is 0 Å². The van der Waals surface area contributed by atoms with Crippen LogP contribution in [0.1, 0.15) is 20.3 Å². The minimum Gasteiger partial charge on any atom is -0.478 e. The van der Waals surface area contributed by atoms with Gasteiger partial charge in [-0.3, -0.25) is 4.90 Å². The third-order valence-corrected chi connectivity index (χ3v) is 3.71. The number of carboxylic acid groups (broad SMARTS) is 1. The van der Waals surface area contributed by atoms with E-state index in [0.29, 0.717) is 17.2 Å². The van der Waals surface area contributed by atoms with Crippen LogP contribution < -0.4 is 0 Å². The molecule has 1 aliphatic rings. The molecule has 1 N–H and O–H groups in total. The van der Waals surface area contributed by atoms with Crippen LogP contribution in [0.15, 0.2) is 11.6 Å². The van der Waals surface area contributed by atoms with E-state index >= 15 is 0 Å². The minimum atomic E-state index is -0.781. The predicted octanol–water partition coefficient (Wildman–Crippen LogP) is 1.84. The van der Waals surface area contributed by atoms with Crippen molar-refractivity contribution in [3.8, 4) is 0 Å². The summed E-state index contributed by atoms with van der Waals surface area (Å²) in [5, 5.41) is 9.53. The molecule has 15 heavy (non-hydrogen) atoms. The fourth-order valence-corrected chi connectivity index (χ4v) is 2.76. The van der Waals surface area contributed by atoms with E-state index in [1.165, 1.54) is 0 Å². The van der Waals surface area contributed by atoms with Gasteiger partial charge in [0, 0.05) is 36.2 Å². The van der Waals surface area contributed by atoms with Crippen LogP contribution in [0.25, 0.3) is 0 Å². The Morgan fingerprint density at radius 2 is 2.40 bits per heavy atom. The molecular weight excluding hydrogens is 210 g/mol. The number of carbonyl (C=O) groups is 1. The third kappa shape index (κ3) is 4.26. The molecule has 1 rings (SSSR count). The molecule has 3 nitrogen and oxygen atoms in total. The van der Waals surface area contributed by atoms with Crippen molar-refractivity contribution in [2.75, 3.05) is 25.4 Å². The van der Waals surface area contributed by atoms with Gasteiger partial charge in [-0.05, 0) is 6.42 Å². The Kier molecular flexibility index (Phi) is 5.19. The maximum atomic E-state index is 10.8. The summed E-state index contributed by atoms with van der Waals surface area (Å²) in [6.07, 6.45) is 2.46. The van der Waals surface area contributed by atoms with Crippen molar-refractivity contribution in [2.24, 2.45) is 0 Å². The van der Waals surface area contributed by atoms with Gasteiger partial charge in [0.2, 0.25) is 0 Å². The van der Waals surface area contributed by atoms with Gasteiger partial charge in [-0.25, -0.2) is 4.79 Å². The van der Waals surface area contributed by atoms with Gasteiger partial charge in [-0.2, -0.15) is 11.8 Å². The first kappa shape index (κ1) is 12.6. The van der Waals surface area contributed by atoms with Gasteiger partial charge < -0.3 is 5.11 Å². The van der Waals surface area contributed by atoms with Crippen LogP contribution in [0.4, 0.5) is 0 Å². The number of aliphatic carboxylic acids is 1. The summed E-state index contributed by atoms with van der Waals surface area (Å²) in [6.45, 7) is 7.02. The second kappa shape index (κ2) is 6.18. The normalized spacial score (nSPS) is 24.1. The first-order valence-electron chi connectivity index (χ1n) is 5.39. The lowest BCUT2D eigenvalue weighted by molar-refractivity contribution is -0.132. The largest absolute Gasteiger partial charge is 0.478 e. The molecule has 1 fully saturated rings. The summed E-state index contributed by atoms with van der Waals surface area (Å²) in [4.78, 5) is 13.1. The van der Waals surface area contributed by atoms with E-state index < -0.39 is 5.97 Å². The van der Waals surface area contributed by atoms with E-state index in [2.05, 4.69) is 11.8 Å². The Morgan fingerprint density at radius 3 is 2.93 bits per heavy atom. The lowest BCUT2D eigenvalue weighted by Crippen LogP contribution is -2.36. The minimum absolute atomic E-state index is 0.529. The molecule has 0 aromatic heterocycles. The summed E-state index contributed by atoms with van der Waals surface area (Å²) in [5.41, 5.74) is 0.529. The molecule has 0 aromatic rings. The maximum Gasteiger partial charge on any atom is 0.331 e.